The zero-order valence-electron chi connectivity index (χ0n) is 12.2. The van der Waals surface area contributed by atoms with Gasteiger partial charge in [-0.1, -0.05) is 30.3 Å². The van der Waals surface area contributed by atoms with E-state index in [1.54, 1.807) is 18.2 Å². The highest BCUT2D eigenvalue weighted by Gasteiger charge is 2.25. The van der Waals surface area contributed by atoms with Gasteiger partial charge in [0.05, 0.1) is 11.0 Å². The Bertz CT molecular complexity index is 761. The summed E-state index contributed by atoms with van der Waals surface area (Å²) in [5.74, 6) is -0.0935. The van der Waals surface area contributed by atoms with E-state index >= 15 is 0 Å². The van der Waals surface area contributed by atoms with Gasteiger partial charge in [0.1, 0.15) is 0 Å². The van der Waals surface area contributed by atoms with Crippen molar-refractivity contribution in [2.75, 3.05) is 19.6 Å². The Hall–Kier alpha value is -1.47. The first-order valence-electron chi connectivity index (χ1n) is 7.43. The van der Waals surface area contributed by atoms with E-state index in [0.717, 1.165) is 17.3 Å². The summed E-state index contributed by atoms with van der Waals surface area (Å²) in [6.07, 6.45) is 0.197. The van der Waals surface area contributed by atoms with Crippen molar-refractivity contribution in [2.24, 2.45) is 5.92 Å². The predicted molar refractivity (Wildman–Crippen MR) is 86.1 cm³/mol. The van der Waals surface area contributed by atoms with Crippen molar-refractivity contribution in [3.05, 3.63) is 42.5 Å². The molecule has 0 saturated carbocycles. The van der Waals surface area contributed by atoms with Crippen molar-refractivity contribution < 1.29 is 13.5 Å². The number of rotatable bonds is 4. The molecule has 1 saturated heterocycles. The van der Waals surface area contributed by atoms with E-state index in [9.17, 15) is 13.5 Å². The molecule has 1 heterocycles. The fourth-order valence-corrected chi connectivity index (χ4v) is 3.88. The van der Waals surface area contributed by atoms with Crippen LogP contribution in [0.2, 0.25) is 0 Å². The number of hydrogen-bond donors (Lipinski definition) is 3. The third kappa shape index (κ3) is 3.30. The largest absolute Gasteiger partial charge is 0.393 e. The van der Waals surface area contributed by atoms with Crippen LogP contribution in [-0.4, -0.2) is 39.3 Å². The number of aliphatic hydroxyl groups excluding tert-OH is 1. The van der Waals surface area contributed by atoms with Crippen LogP contribution >= 0.6 is 0 Å². The van der Waals surface area contributed by atoms with Crippen LogP contribution < -0.4 is 10.0 Å². The molecule has 118 valence electrons. The number of fused-ring (bicyclic) bond motifs is 1. The van der Waals surface area contributed by atoms with Gasteiger partial charge in [-0.25, -0.2) is 13.1 Å². The highest BCUT2D eigenvalue weighted by Crippen LogP contribution is 2.19. The molecule has 2 aromatic rings. The summed E-state index contributed by atoms with van der Waals surface area (Å²) in [6.45, 7) is 1.64. The van der Waals surface area contributed by atoms with Gasteiger partial charge in [-0.05, 0) is 35.9 Å². The molecule has 2 aromatic carbocycles. The number of nitrogens with one attached hydrogen (secondary N) is 2. The van der Waals surface area contributed by atoms with Crippen LogP contribution in [-0.2, 0) is 10.0 Å². The van der Waals surface area contributed by atoms with Crippen molar-refractivity contribution >= 4 is 20.8 Å². The van der Waals surface area contributed by atoms with Crippen LogP contribution in [0.1, 0.15) is 6.42 Å². The minimum atomic E-state index is -3.56. The van der Waals surface area contributed by atoms with Gasteiger partial charge < -0.3 is 10.4 Å². The van der Waals surface area contributed by atoms with Gasteiger partial charge in [0.25, 0.3) is 0 Å². The third-order valence-corrected chi connectivity index (χ3v) is 5.56. The normalized spacial score (nSPS) is 22.8. The summed E-state index contributed by atoms with van der Waals surface area (Å²) >= 11 is 0. The Morgan fingerprint density at radius 3 is 2.73 bits per heavy atom. The summed E-state index contributed by atoms with van der Waals surface area (Å²) < 4.78 is 27.4. The lowest BCUT2D eigenvalue weighted by Crippen LogP contribution is -2.45. The highest BCUT2D eigenvalue weighted by molar-refractivity contribution is 7.89. The van der Waals surface area contributed by atoms with E-state index < -0.39 is 16.1 Å². The lowest BCUT2D eigenvalue weighted by molar-refractivity contribution is 0.0815. The highest BCUT2D eigenvalue weighted by atomic mass is 32.2. The molecule has 22 heavy (non-hydrogen) atoms. The van der Waals surface area contributed by atoms with Gasteiger partial charge in [-0.15, -0.1) is 0 Å². The minimum Gasteiger partial charge on any atom is -0.393 e. The first-order valence-corrected chi connectivity index (χ1v) is 8.92. The van der Waals surface area contributed by atoms with Crippen molar-refractivity contribution in [1.82, 2.24) is 10.0 Å². The fourth-order valence-electron chi connectivity index (χ4n) is 2.75. The summed E-state index contributed by atoms with van der Waals surface area (Å²) in [5.41, 5.74) is 0. The quantitative estimate of drug-likeness (QED) is 0.788. The molecule has 0 aliphatic carbocycles. The average molecular weight is 320 g/mol. The Morgan fingerprint density at radius 2 is 1.95 bits per heavy atom. The summed E-state index contributed by atoms with van der Waals surface area (Å²) in [4.78, 5) is 0.254. The predicted octanol–water partition coefficient (Wildman–Crippen LogP) is 1.09. The zero-order valence-corrected chi connectivity index (χ0v) is 13.0. The molecule has 0 bridgehead atoms. The summed E-state index contributed by atoms with van der Waals surface area (Å²) in [7, 11) is -3.56. The van der Waals surface area contributed by atoms with Gasteiger partial charge in [0.2, 0.25) is 10.0 Å². The van der Waals surface area contributed by atoms with E-state index in [1.807, 2.05) is 24.3 Å². The standard InChI is InChI=1S/C16H20N2O3S/c19-16-7-8-17-10-14(16)11-18-22(20,21)15-6-5-12-3-1-2-4-13(12)9-15/h1-6,9,14,16-19H,7-8,10-11H2/t14-,16-/m0/s1. The number of sulfonamides is 1. The average Bonchev–Trinajstić information content (AvgIpc) is 2.54. The van der Waals surface area contributed by atoms with Gasteiger partial charge in [-0.3, -0.25) is 0 Å². The van der Waals surface area contributed by atoms with E-state index in [-0.39, 0.29) is 17.4 Å². The topological polar surface area (TPSA) is 78.4 Å². The van der Waals surface area contributed by atoms with Crippen LogP contribution in [0.15, 0.2) is 47.4 Å². The number of benzene rings is 2. The molecule has 0 radical (unpaired) electrons. The van der Waals surface area contributed by atoms with E-state index in [4.69, 9.17) is 0 Å². The van der Waals surface area contributed by atoms with E-state index in [2.05, 4.69) is 10.0 Å². The summed E-state index contributed by atoms with van der Waals surface area (Å²) in [5, 5.41) is 15.0. The second-order valence-corrected chi connectivity index (χ2v) is 7.45. The van der Waals surface area contributed by atoms with Crippen molar-refractivity contribution in [2.45, 2.75) is 17.4 Å². The molecule has 5 nitrogen and oxygen atoms in total. The van der Waals surface area contributed by atoms with E-state index in [1.165, 1.54) is 0 Å². The summed E-state index contributed by atoms with van der Waals surface area (Å²) in [6, 6.07) is 12.7. The Kier molecular flexibility index (Phi) is 4.44. The SMILES string of the molecule is O=S(=O)(NC[C@@H]1CNCC[C@@H]1O)c1ccc2ccccc2c1. The Balaban J connectivity index is 1.76. The van der Waals surface area contributed by atoms with Crippen LogP contribution in [0.25, 0.3) is 10.8 Å². The molecule has 0 spiro atoms. The van der Waals surface area contributed by atoms with Crippen molar-refractivity contribution in [3.8, 4) is 0 Å². The monoisotopic (exact) mass is 320 g/mol. The minimum absolute atomic E-state index is 0.0935. The molecule has 0 unspecified atom stereocenters. The maximum absolute atomic E-state index is 12.4. The molecular weight excluding hydrogens is 300 g/mol. The Morgan fingerprint density at radius 1 is 1.18 bits per heavy atom. The molecule has 3 rings (SSSR count). The number of aliphatic hydroxyl groups is 1. The second-order valence-electron chi connectivity index (χ2n) is 5.68. The molecule has 3 N–H and O–H groups in total. The van der Waals surface area contributed by atoms with Crippen molar-refractivity contribution in [3.63, 3.8) is 0 Å². The number of piperidine rings is 1. The van der Waals surface area contributed by atoms with Gasteiger partial charge in [0, 0.05) is 19.0 Å². The zero-order chi connectivity index (χ0) is 15.6. The van der Waals surface area contributed by atoms with Crippen molar-refractivity contribution in [1.29, 1.82) is 0 Å². The smallest absolute Gasteiger partial charge is 0.240 e. The number of hydrogen-bond acceptors (Lipinski definition) is 4. The van der Waals surface area contributed by atoms with Gasteiger partial charge in [0.15, 0.2) is 0 Å². The molecule has 6 heteroatoms. The van der Waals surface area contributed by atoms with Gasteiger partial charge in [-0.2, -0.15) is 0 Å². The van der Waals surface area contributed by atoms with Gasteiger partial charge >= 0.3 is 0 Å². The van der Waals surface area contributed by atoms with Crippen LogP contribution in [0.3, 0.4) is 0 Å². The van der Waals surface area contributed by atoms with Crippen LogP contribution in [0.4, 0.5) is 0 Å². The molecular formula is C16H20N2O3S. The molecule has 1 aliphatic heterocycles. The van der Waals surface area contributed by atoms with E-state index in [0.29, 0.717) is 13.0 Å². The molecule has 1 aliphatic rings. The van der Waals surface area contributed by atoms with Crippen LogP contribution in [0.5, 0.6) is 0 Å². The van der Waals surface area contributed by atoms with Crippen LogP contribution in [0, 0.1) is 5.92 Å². The third-order valence-electron chi connectivity index (χ3n) is 4.13. The lowest BCUT2D eigenvalue weighted by atomic mass is 9.97. The first kappa shape index (κ1) is 15.4. The molecule has 0 amide bonds. The molecule has 2 atom stereocenters. The Labute approximate surface area is 130 Å². The maximum atomic E-state index is 12.4. The first-order chi connectivity index (χ1) is 10.6. The second kappa shape index (κ2) is 6.34. The lowest BCUT2D eigenvalue weighted by Gasteiger charge is -2.28. The fraction of sp³-hybridized carbons (Fsp3) is 0.375. The maximum Gasteiger partial charge on any atom is 0.240 e. The molecule has 1 fully saturated rings. The molecule has 0 aromatic heterocycles.